The maximum Gasteiger partial charge on any atom is 0.235 e. The Morgan fingerprint density at radius 2 is 1.67 bits per heavy atom. The van der Waals surface area contributed by atoms with Crippen molar-refractivity contribution in [2.75, 3.05) is 12.0 Å². The second-order valence-corrected chi connectivity index (χ2v) is 7.91. The maximum absolute atomic E-state index is 12.9. The predicted octanol–water partition coefficient (Wildman–Crippen LogP) is 2.73. The van der Waals surface area contributed by atoms with Crippen molar-refractivity contribution in [2.45, 2.75) is 20.3 Å². The Morgan fingerprint density at radius 1 is 1.04 bits per heavy atom. The third kappa shape index (κ3) is 1.80. The van der Waals surface area contributed by atoms with Gasteiger partial charge in [-0.25, -0.2) is 0 Å². The molecule has 4 aliphatic carbocycles. The van der Waals surface area contributed by atoms with Gasteiger partial charge in [-0.05, 0) is 61.1 Å². The molecule has 2 amide bonds. The van der Waals surface area contributed by atoms with E-state index in [0.717, 1.165) is 16.8 Å². The summed E-state index contributed by atoms with van der Waals surface area (Å²) < 4.78 is 0. The SMILES string of the molecule is Cc1ccc(C)c(NCN2C(=O)[C@H]3[C@@H]4C=C[C@H]([C@H]5C[C@H]45)[C@@H]3C2=O)c1. The third-order valence-electron chi connectivity index (χ3n) is 6.57. The van der Waals surface area contributed by atoms with Gasteiger partial charge in [0, 0.05) is 5.69 Å². The van der Waals surface area contributed by atoms with Gasteiger partial charge in [-0.3, -0.25) is 14.5 Å². The molecule has 0 spiro atoms. The largest absolute Gasteiger partial charge is 0.367 e. The van der Waals surface area contributed by atoms with E-state index >= 15 is 0 Å². The zero-order valence-corrected chi connectivity index (χ0v) is 14.0. The minimum absolute atomic E-state index is 0.0347. The van der Waals surface area contributed by atoms with Crippen LogP contribution in [0.15, 0.2) is 30.4 Å². The first-order chi connectivity index (χ1) is 11.6. The number of benzene rings is 1. The highest BCUT2D eigenvalue weighted by atomic mass is 16.2. The van der Waals surface area contributed by atoms with Gasteiger partial charge in [0.1, 0.15) is 0 Å². The van der Waals surface area contributed by atoms with Crippen molar-refractivity contribution in [3.05, 3.63) is 41.5 Å². The summed E-state index contributed by atoms with van der Waals surface area (Å²) in [6.45, 7) is 4.36. The monoisotopic (exact) mass is 322 g/mol. The molecule has 0 aromatic heterocycles. The van der Waals surface area contributed by atoms with Gasteiger partial charge >= 0.3 is 0 Å². The topological polar surface area (TPSA) is 49.4 Å². The van der Waals surface area contributed by atoms with Gasteiger partial charge in [0.25, 0.3) is 0 Å². The van der Waals surface area contributed by atoms with E-state index in [1.54, 1.807) is 0 Å². The second-order valence-electron chi connectivity index (χ2n) is 7.91. The van der Waals surface area contributed by atoms with Crippen LogP contribution in [0.5, 0.6) is 0 Å². The number of hydrogen-bond donors (Lipinski definition) is 1. The lowest BCUT2D eigenvalue weighted by molar-refractivity contribution is -0.139. The molecule has 2 bridgehead atoms. The third-order valence-corrected chi connectivity index (χ3v) is 6.57. The van der Waals surface area contributed by atoms with Crippen molar-refractivity contribution in [2.24, 2.45) is 35.5 Å². The summed E-state index contributed by atoms with van der Waals surface area (Å²) in [6.07, 6.45) is 5.64. The average Bonchev–Trinajstić information content (AvgIpc) is 3.35. The molecule has 124 valence electrons. The van der Waals surface area contributed by atoms with Crippen molar-refractivity contribution in [1.29, 1.82) is 0 Å². The van der Waals surface area contributed by atoms with Crippen LogP contribution >= 0.6 is 0 Å². The number of allylic oxidation sites excluding steroid dienone is 2. The molecule has 1 N–H and O–H groups in total. The molecule has 1 saturated heterocycles. The molecule has 1 aromatic carbocycles. The van der Waals surface area contributed by atoms with Crippen LogP contribution in [0.2, 0.25) is 0 Å². The minimum atomic E-state index is -0.100. The number of carbonyl (C=O) groups is 2. The first kappa shape index (κ1) is 14.3. The fraction of sp³-hybridized carbons (Fsp3) is 0.500. The predicted molar refractivity (Wildman–Crippen MR) is 91.0 cm³/mol. The average molecular weight is 322 g/mol. The highest BCUT2D eigenvalue weighted by molar-refractivity contribution is 6.06. The quantitative estimate of drug-likeness (QED) is 0.688. The number of carbonyl (C=O) groups excluding carboxylic acids is 2. The van der Waals surface area contributed by atoms with Crippen LogP contribution in [0.25, 0.3) is 0 Å². The molecule has 6 rings (SSSR count). The van der Waals surface area contributed by atoms with Crippen molar-refractivity contribution < 1.29 is 9.59 Å². The van der Waals surface area contributed by atoms with Gasteiger partial charge in [0.05, 0.1) is 18.5 Å². The summed E-state index contributed by atoms with van der Waals surface area (Å²) in [5.74, 6) is 1.78. The van der Waals surface area contributed by atoms with Crippen molar-refractivity contribution in [1.82, 2.24) is 4.90 Å². The molecule has 4 heteroatoms. The molecule has 3 fully saturated rings. The van der Waals surface area contributed by atoms with Crippen LogP contribution in [-0.2, 0) is 9.59 Å². The molecule has 2 saturated carbocycles. The number of hydrogen-bond acceptors (Lipinski definition) is 3. The Hall–Kier alpha value is -2.10. The Morgan fingerprint density at radius 3 is 2.29 bits per heavy atom. The molecule has 1 aliphatic heterocycles. The van der Waals surface area contributed by atoms with Gasteiger partial charge in [-0.1, -0.05) is 24.3 Å². The van der Waals surface area contributed by atoms with Crippen molar-refractivity contribution >= 4 is 17.5 Å². The van der Waals surface area contributed by atoms with E-state index in [9.17, 15) is 9.59 Å². The molecule has 1 heterocycles. The minimum Gasteiger partial charge on any atom is -0.367 e. The van der Waals surface area contributed by atoms with E-state index in [2.05, 4.69) is 35.7 Å². The molecule has 1 aromatic rings. The van der Waals surface area contributed by atoms with E-state index in [-0.39, 0.29) is 30.3 Å². The van der Waals surface area contributed by atoms with Crippen LogP contribution in [0.4, 0.5) is 5.69 Å². The lowest BCUT2D eigenvalue weighted by atomic mass is 9.63. The van der Waals surface area contributed by atoms with Gasteiger partial charge in [-0.2, -0.15) is 0 Å². The smallest absolute Gasteiger partial charge is 0.235 e. The van der Waals surface area contributed by atoms with Crippen LogP contribution in [0.3, 0.4) is 0 Å². The van der Waals surface area contributed by atoms with E-state index in [1.165, 1.54) is 11.3 Å². The highest BCUT2D eigenvalue weighted by Crippen LogP contribution is 2.65. The van der Waals surface area contributed by atoms with E-state index in [0.29, 0.717) is 23.7 Å². The highest BCUT2D eigenvalue weighted by Gasteiger charge is 2.66. The molecule has 24 heavy (non-hydrogen) atoms. The van der Waals surface area contributed by atoms with Crippen LogP contribution in [0.1, 0.15) is 17.5 Å². The van der Waals surface area contributed by atoms with Gasteiger partial charge < -0.3 is 5.32 Å². The summed E-state index contributed by atoms with van der Waals surface area (Å²) in [5.41, 5.74) is 3.28. The lowest BCUT2D eigenvalue weighted by Crippen LogP contribution is -2.40. The zero-order chi connectivity index (χ0) is 16.6. The van der Waals surface area contributed by atoms with E-state index < -0.39 is 0 Å². The van der Waals surface area contributed by atoms with Crippen LogP contribution < -0.4 is 5.32 Å². The number of nitrogens with zero attached hydrogens (tertiary/aromatic N) is 1. The number of rotatable bonds is 3. The molecule has 4 nitrogen and oxygen atoms in total. The van der Waals surface area contributed by atoms with E-state index in [1.807, 2.05) is 13.8 Å². The van der Waals surface area contributed by atoms with Crippen LogP contribution in [-0.4, -0.2) is 23.4 Å². The maximum atomic E-state index is 12.9. The van der Waals surface area contributed by atoms with Crippen molar-refractivity contribution in [3.63, 3.8) is 0 Å². The van der Waals surface area contributed by atoms with Crippen LogP contribution in [0, 0.1) is 49.4 Å². The molecule has 0 radical (unpaired) electrons. The summed E-state index contributed by atoms with van der Waals surface area (Å²) in [6, 6.07) is 6.19. The summed E-state index contributed by atoms with van der Waals surface area (Å²) >= 11 is 0. The second kappa shape index (κ2) is 4.71. The molecular formula is C20H22N2O2. The Labute approximate surface area is 141 Å². The van der Waals surface area contributed by atoms with Gasteiger partial charge in [-0.15, -0.1) is 0 Å². The first-order valence-electron chi connectivity index (χ1n) is 8.91. The number of anilines is 1. The number of amides is 2. The standard InChI is InChI=1S/C20H22N2O2/c1-10-3-4-11(2)16(7-10)21-9-22-19(23)17-12-5-6-13(15-8-14(12)15)18(17)20(22)24/h3-7,12-15,17-18,21H,8-9H2,1-2H3/t12-,13-,14-,15-,17+,18+/m1/s1. The number of likely N-dealkylation sites (tertiary alicyclic amines) is 1. The number of aryl methyl sites for hydroxylation is 2. The fourth-order valence-corrected chi connectivity index (χ4v) is 5.27. The Kier molecular flexibility index (Phi) is 2.80. The summed E-state index contributed by atoms with van der Waals surface area (Å²) in [7, 11) is 0. The molecular weight excluding hydrogens is 300 g/mol. The molecule has 5 aliphatic rings. The Bertz CT molecular complexity index is 748. The zero-order valence-electron chi connectivity index (χ0n) is 14.0. The lowest BCUT2D eigenvalue weighted by Gasteiger charge is -2.37. The number of imide groups is 1. The van der Waals surface area contributed by atoms with Gasteiger partial charge in [0.2, 0.25) is 11.8 Å². The summed E-state index contributed by atoms with van der Waals surface area (Å²) in [5, 5.41) is 3.30. The normalized spacial score (nSPS) is 38.3. The number of nitrogens with one attached hydrogen (secondary N) is 1. The fourth-order valence-electron chi connectivity index (χ4n) is 5.27. The van der Waals surface area contributed by atoms with E-state index in [4.69, 9.17) is 0 Å². The summed E-state index contributed by atoms with van der Waals surface area (Å²) in [4.78, 5) is 27.3. The molecule has 0 unspecified atom stereocenters. The Balaban J connectivity index is 1.38. The first-order valence-corrected chi connectivity index (χ1v) is 8.91. The van der Waals surface area contributed by atoms with Gasteiger partial charge in [0.15, 0.2) is 0 Å². The molecule has 6 atom stereocenters. The van der Waals surface area contributed by atoms with Crippen molar-refractivity contribution in [3.8, 4) is 0 Å².